The van der Waals surface area contributed by atoms with E-state index < -0.39 is 0 Å². The third-order valence-electron chi connectivity index (χ3n) is 7.74. The number of aromatic nitrogens is 3. The van der Waals surface area contributed by atoms with Crippen LogP contribution in [0.2, 0.25) is 0 Å². The molecule has 1 aromatic heterocycles. The Bertz CT molecular complexity index is 1330. The highest BCUT2D eigenvalue weighted by Crippen LogP contribution is 2.49. The molecule has 4 atom stereocenters. The molecule has 0 saturated carbocycles. The summed E-state index contributed by atoms with van der Waals surface area (Å²) in [5.41, 5.74) is 4.71. The minimum absolute atomic E-state index is 0.00573. The van der Waals surface area contributed by atoms with Gasteiger partial charge in [-0.25, -0.2) is 9.48 Å². The normalized spacial score (nSPS) is 28.5. The van der Waals surface area contributed by atoms with Crippen LogP contribution in [0.3, 0.4) is 0 Å². The van der Waals surface area contributed by atoms with Gasteiger partial charge in [0.15, 0.2) is 0 Å². The van der Waals surface area contributed by atoms with Gasteiger partial charge >= 0.3 is 5.97 Å². The Kier molecular flexibility index (Phi) is 6.16. The average Bonchev–Trinajstić information content (AvgIpc) is 3.23. The van der Waals surface area contributed by atoms with Crippen molar-refractivity contribution in [3.63, 3.8) is 0 Å². The zero-order valence-corrected chi connectivity index (χ0v) is 21.0. The van der Waals surface area contributed by atoms with Crippen LogP contribution in [0, 0.1) is 5.92 Å². The number of hydrogen-bond acceptors (Lipinski definition) is 6. The molecule has 0 amide bonds. The lowest BCUT2D eigenvalue weighted by molar-refractivity contribution is -0.140. The van der Waals surface area contributed by atoms with Gasteiger partial charge < -0.3 is 14.2 Å². The number of ether oxygens (including phenoxy) is 3. The number of allylic oxidation sites excluding steroid dienone is 2. The van der Waals surface area contributed by atoms with Crippen molar-refractivity contribution in [2.24, 2.45) is 5.92 Å². The minimum atomic E-state index is -0.284. The van der Waals surface area contributed by atoms with Crippen LogP contribution >= 0.6 is 0 Å². The van der Waals surface area contributed by atoms with E-state index in [-0.39, 0.29) is 29.7 Å². The molecule has 1 aliphatic carbocycles. The molecule has 0 N–H and O–H groups in total. The smallest absolute Gasteiger partial charge is 0.334 e. The number of carbonyl (C=O) groups excluding carboxylic acids is 1. The van der Waals surface area contributed by atoms with E-state index in [2.05, 4.69) is 54.2 Å². The Balaban J connectivity index is 1.07. The molecule has 0 spiro atoms. The van der Waals surface area contributed by atoms with E-state index in [1.54, 1.807) is 0 Å². The van der Waals surface area contributed by atoms with Crippen molar-refractivity contribution < 1.29 is 19.0 Å². The van der Waals surface area contributed by atoms with Crippen LogP contribution in [0.1, 0.15) is 38.3 Å². The second-order valence-electron chi connectivity index (χ2n) is 10.4. The van der Waals surface area contributed by atoms with E-state index in [9.17, 15) is 4.79 Å². The molecule has 37 heavy (non-hydrogen) atoms. The van der Waals surface area contributed by atoms with Gasteiger partial charge in [0.25, 0.3) is 0 Å². The molecule has 2 aliphatic heterocycles. The molecular weight excluding hydrogens is 466 g/mol. The second kappa shape index (κ2) is 9.63. The SMILES string of the molecule is C=C1C(=O)O[C@@H]2[C@H]3O[C@]3(C)CC/C=C(/Cn3cc(COc4ccc(-c5ccccc5)cc4)nn3)CC[C@@H]12. The quantitative estimate of drug-likeness (QED) is 0.200. The lowest BCUT2D eigenvalue weighted by Crippen LogP contribution is -2.29. The zero-order valence-electron chi connectivity index (χ0n) is 21.0. The number of esters is 1. The van der Waals surface area contributed by atoms with Gasteiger partial charge in [0.1, 0.15) is 30.3 Å². The molecule has 3 aliphatic rings. The molecule has 3 heterocycles. The molecule has 190 valence electrons. The van der Waals surface area contributed by atoms with Crippen LogP contribution in [-0.2, 0) is 27.4 Å². The van der Waals surface area contributed by atoms with Gasteiger partial charge in [-0.2, -0.15) is 0 Å². The number of benzene rings is 2. The summed E-state index contributed by atoms with van der Waals surface area (Å²) in [6.45, 7) is 7.12. The molecule has 6 rings (SSSR count). The summed E-state index contributed by atoms with van der Waals surface area (Å²) in [6, 6.07) is 18.3. The van der Waals surface area contributed by atoms with Crippen molar-refractivity contribution in [1.29, 1.82) is 0 Å². The van der Waals surface area contributed by atoms with Crippen LogP contribution in [0.25, 0.3) is 11.1 Å². The summed E-state index contributed by atoms with van der Waals surface area (Å²) in [5, 5.41) is 8.63. The molecule has 0 unspecified atom stereocenters. The standard InChI is InChI=1S/C30H31N3O4/c1-20-26-15-10-21(7-6-16-30(2)28(37-30)27(26)36-29(20)34)17-33-18-24(31-32-33)19-35-25-13-11-23(12-14-25)22-8-4-3-5-9-22/h3-5,7-9,11-14,18,26-28H,1,6,10,15-17,19H2,2H3/b21-7+/t26-,27-,28+,30+/m0/s1. The van der Waals surface area contributed by atoms with Crippen LogP contribution in [-0.4, -0.2) is 38.8 Å². The number of rotatable bonds is 6. The lowest BCUT2D eigenvalue weighted by atomic mass is 9.84. The van der Waals surface area contributed by atoms with Crippen LogP contribution < -0.4 is 4.74 Å². The van der Waals surface area contributed by atoms with Gasteiger partial charge in [-0.3, -0.25) is 0 Å². The first kappa shape index (κ1) is 23.7. The van der Waals surface area contributed by atoms with Crippen molar-refractivity contribution in [2.45, 2.75) is 63.6 Å². The maximum absolute atomic E-state index is 12.2. The van der Waals surface area contributed by atoms with Gasteiger partial charge in [-0.05, 0) is 55.9 Å². The monoisotopic (exact) mass is 497 g/mol. The van der Waals surface area contributed by atoms with E-state index in [0.717, 1.165) is 42.7 Å². The molecule has 2 fully saturated rings. The highest BCUT2D eigenvalue weighted by atomic mass is 16.6. The van der Waals surface area contributed by atoms with Gasteiger partial charge in [0.2, 0.25) is 0 Å². The Morgan fingerprint density at radius 1 is 1.14 bits per heavy atom. The molecule has 0 radical (unpaired) electrons. The fraction of sp³-hybridized carbons (Fsp3) is 0.367. The maximum Gasteiger partial charge on any atom is 0.334 e. The number of nitrogens with zero attached hydrogens (tertiary/aromatic N) is 3. The first-order chi connectivity index (χ1) is 18.0. The highest BCUT2D eigenvalue weighted by molar-refractivity contribution is 5.91. The molecule has 2 aromatic carbocycles. The largest absolute Gasteiger partial charge is 0.487 e. The minimum Gasteiger partial charge on any atom is -0.487 e. The lowest BCUT2D eigenvalue weighted by Gasteiger charge is -2.20. The van der Waals surface area contributed by atoms with E-state index in [1.165, 1.54) is 11.1 Å². The van der Waals surface area contributed by atoms with Gasteiger partial charge in [-0.15, -0.1) is 5.10 Å². The Hall–Kier alpha value is -3.71. The summed E-state index contributed by atoms with van der Waals surface area (Å²) in [6.07, 6.45) is 7.44. The zero-order chi connectivity index (χ0) is 25.4. The van der Waals surface area contributed by atoms with Crippen molar-refractivity contribution in [3.8, 4) is 16.9 Å². The molecule has 0 bridgehead atoms. The predicted octanol–water partition coefficient (Wildman–Crippen LogP) is 5.28. The van der Waals surface area contributed by atoms with E-state index in [0.29, 0.717) is 18.7 Å². The fourth-order valence-electron chi connectivity index (χ4n) is 5.49. The first-order valence-electron chi connectivity index (χ1n) is 12.9. The summed E-state index contributed by atoms with van der Waals surface area (Å²) in [4.78, 5) is 12.2. The van der Waals surface area contributed by atoms with Crippen LogP contribution in [0.5, 0.6) is 5.75 Å². The first-order valence-corrected chi connectivity index (χ1v) is 12.9. The summed E-state index contributed by atoms with van der Waals surface area (Å²) in [7, 11) is 0. The van der Waals surface area contributed by atoms with E-state index in [1.807, 2.05) is 41.2 Å². The van der Waals surface area contributed by atoms with Crippen molar-refractivity contribution in [1.82, 2.24) is 15.0 Å². The summed E-state index contributed by atoms with van der Waals surface area (Å²) >= 11 is 0. The van der Waals surface area contributed by atoms with Crippen LogP contribution in [0.15, 0.2) is 84.6 Å². The molecule has 7 nitrogen and oxygen atoms in total. The summed E-state index contributed by atoms with van der Waals surface area (Å²) in [5.74, 6) is 0.503. The Labute approximate surface area is 216 Å². The maximum atomic E-state index is 12.2. The fourth-order valence-corrected chi connectivity index (χ4v) is 5.49. The number of fused-ring (bicyclic) bond motifs is 3. The topological polar surface area (TPSA) is 78.8 Å². The number of epoxide rings is 1. The van der Waals surface area contributed by atoms with Crippen molar-refractivity contribution >= 4 is 5.97 Å². The van der Waals surface area contributed by atoms with E-state index >= 15 is 0 Å². The number of carbonyl (C=O) groups is 1. The molecule has 7 heteroatoms. The van der Waals surface area contributed by atoms with Crippen LogP contribution in [0.4, 0.5) is 0 Å². The molecule has 3 aromatic rings. The molecular formula is C30H31N3O4. The average molecular weight is 498 g/mol. The highest BCUT2D eigenvalue weighted by Gasteiger charge is 2.61. The van der Waals surface area contributed by atoms with Crippen molar-refractivity contribution in [2.75, 3.05) is 0 Å². The van der Waals surface area contributed by atoms with Gasteiger partial charge in [-0.1, -0.05) is 65.9 Å². The van der Waals surface area contributed by atoms with Crippen molar-refractivity contribution in [3.05, 3.63) is 90.3 Å². The second-order valence-corrected chi connectivity index (χ2v) is 10.4. The third-order valence-corrected chi connectivity index (χ3v) is 7.74. The Morgan fingerprint density at radius 3 is 2.73 bits per heavy atom. The summed E-state index contributed by atoms with van der Waals surface area (Å²) < 4.78 is 19.5. The van der Waals surface area contributed by atoms with Gasteiger partial charge in [0.05, 0.1) is 18.3 Å². The third kappa shape index (κ3) is 4.96. The van der Waals surface area contributed by atoms with E-state index in [4.69, 9.17) is 14.2 Å². The van der Waals surface area contributed by atoms with Gasteiger partial charge in [0, 0.05) is 11.5 Å². The Morgan fingerprint density at radius 2 is 1.92 bits per heavy atom. The number of hydrogen-bond donors (Lipinski definition) is 0. The molecule has 2 saturated heterocycles. The predicted molar refractivity (Wildman–Crippen MR) is 139 cm³/mol.